The predicted octanol–water partition coefficient (Wildman–Crippen LogP) is 1.91. The normalized spacial score (nSPS) is 17.3. The first-order chi connectivity index (χ1) is 13.3. The molecule has 0 N–H and O–H groups in total. The zero-order chi connectivity index (χ0) is 19.9. The second-order valence-electron chi connectivity index (χ2n) is 7.15. The number of pyridine rings is 1. The maximum absolute atomic E-state index is 13.2. The summed E-state index contributed by atoms with van der Waals surface area (Å²) in [7, 11) is -3.64. The Labute approximate surface area is 163 Å². The summed E-state index contributed by atoms with van der Waals surface area (Å²) in [5.74, 6) is -0.354. The van der Waals surface area contributed by atoms with Crippen LogP contribution in [-0.2, 0) is 21.2 Å². The monoisotopic (exact) mass is 401 g/mol. The molecule has 0 spiro atoms. The number of aryl methyl sites for hydroxylation is 1. The second-order valence-corrected chi connectivity index (χ2v) is 9.03. The molecule has 1 aromatic heterocycles. The molecule has 0 atom stereocenters. The zero-order valence-corrected chi connectivity index (χ0v) is 16.2. The molecule has 8 heteroatoms. The van der Waals surface area contributed by atoms with Gasteiger partial charge in [0.2, 0.25) is 5.91 Å². The topological polar surface area (TPSA) is 70.6 Å². The van der Waals surface area contributed by atoms with E-state index in [1.54, 1.807) is 30.0 Å². The minimum atomic E-state index is -3.64. The second kappa shape index (κ2) is 7.10. The van der Waals surface area contributed by atoms with E-state index < -0.39 is 10.0 Å². The van der Waals surface area contributed by atoms with Gasteiger partial charge in [0, 0.05) is 32.4 Å². The van der Waals surface area contributed by atoms with Gasteiger partial charge in [0.05, 0.1) is 6.42 Å². The van der Waals surface area contributed by atoms with Crippen LogP contribution in [0.5, 0.6) is 0 Å². The number of hydrogen-bond donors (Lipinski definition) is 0. The van der Waals surface area contributed by atoms with E-state index in [0.717, 1.165) is 22.3 Å². The molecule has 0 fully saturated rings. The smallest absolute Gasteiger partial charge is 0.261 e. The Balaban J connectivity index is 1.40. The highest BCUT2D eigenvalue weighted by molar-refractivity contribution is 7.89. The lowest BCUT2D eigenvalue weighted by atomic mass is 10.1. The van der Waals surface area contributed by atoms with E-state index in [0.29, 0.717) is 13.1 Å². The van der Waals surface area contributed by atoms with Crippen molar-refractivity contribution in [3.63, 3.8) is 0 Å². The SMILES string of the molecule is Cc1cc(F)ccc1CC(=O)N1CC2=C(C1)CN(S(=O)(=O)c1ccccn1)C2. The highest BCUT2D eigenvalue weighted by Gasteiger charge is 2.37. The van der Waals surface area contributed by atoms with Crippen LogP contribution in [-0.4, -0.2) is 54.7 Å². The lowest BCUT2D eigenvalue weighted by molar-refractivity contribution is -0.129. The summed E-state index contributed by atoms with van der Waals surface area (Å²) in [6, 6.07) is 9.23. The van der Waals surface area contributed by atoms with Gasteiger partial charge in [0.1, 0.15) is 5.82 Å². The summed E-state index contributed by atoms with van der Waals surface area (Å²) >= 11 is 0. The Bertz CT molecular complexity index is 1050. The van der Waals surface area contributed by atoms with Gasteiger partial charge in [-0.05, 0) is 53.5 Å². The number of amides is 1. The molecule has 0 saturated heterocycles. The lowest BCUT2D eigenvalue weighted by Crippen LogP contribution is -2.37. The Morgan fingerprint density at radius 1 is 1.11 bits per heavy atom. The summed E-state index contributed by atoms with van der Waals surface area (Å²) in [6.07, 6.45) is 1.67. The molecule has 2 aromatic rings. The largest absolute Gasteiger partial charge is 0.334 e. The molecular formula is C20H20FN3O3S. The number of carbonyl (C=O) groups excluding carboxylic acids is 1. The van der Waals surface area contributed by atoms with Gasteiger partial charge in [-0.1, -0.05) is 12.1 Å². The molecule has 0 unspecified atom stereocenters. The van der Waals surface area contributed by atoms with Crippen molar-refractivity contribution in [2.45, 2.75) is 18.4 Å². The molecule has 0 bridgehead atoms. The van der Waals surface area contributed by atoms with Crippen molar-refractivity contribution in [3.8, 4) is 0 Å². The van der Waals surface area contributed by atoms with Gasteiger partial charge in [0.15, 0.2) is 5.03 Å². The van der Waals surface area contributed by atoms with Crippen LogP contribution in [0.3, 0.4) is 0 Å². The maximum atomic E-state index is 13.2. The molecule has 0 radical (unpaired) electrons. The van der Waals surface area contributed by atoms with E-state index in [4.69, 9.17) is 0 Å². The van der Waals surface area contributed by atoms with Crippen LogP contribution in [0.25, 0.3) is 0 Å². The average molecular weight is 401 g/mol. The molecule has 2 aliphatic heterocycles. The predicted molar refractivity (Wildman–Crippen MR) is 101 cm³/mol. The Morgan fingerprint density at radius 3 is 2.43 bits per heavy atom. The van der Waals surface area contributed by atoms with Crippen molar-refractivity contribution in [2.75, 3.05) is 26.2 Å². The third-order valence-electron chi connectivity index (χ3n) is 5.24. The van der Waals surface area contributed by atoms with Crippen molar-refractivity contribution in [1.82, 2.24) is 14.2 Å². The molecule has 6 nitrogen and oxygen atoms in total. The van der Waals surface area contributed by atoms with Gasteiger partial charge < -0.3 is 4.90 Å². The van der Waals surface area contributed by atoms with Gasteiger partial charge in [0.25, 0.3) is 10.0 Å². The Hall–Kier alpha value is -2.58. The maximum Gasteiger partial charge on any atom is 0.261 e. The van der Waals surface area contributed by atoms with E-state index in [2.05, 4.69) is 4.98 Å². The summed E-state index contributed by atoms with van der Waals surface area (Å²) < 4.78 is 40.1. The van der Waals surface area contributed by atoms with E-state index in [9.17, 15) is 17.6 Å². The van der Waals surface area contributed by atoms with Crippen LogP contribution < -0.4 is 0 Å². The number of halogens is 1. The van der Waals surface area contributed by atoms with Crippen LogP contribution >= 0.6 is 0 Å². The molecule has 4 rings (SSSR count). The van der Waals surface area contributed by atoms with Gasteiger partial charge in [-0.25, -0.2) is 17.8 Å². The third kappa shape index (κ3) is 3.45. The minimum absolute atomic E-state index is 0.0379. The number of benzene rings is 1. The molecule has 3 heterocycles. The van der Waals surface area contributed by atoms with Crippen LogP contribution in [0.1, 0.15) is 11.1 Å². The van der Waals surface area contributed by atoms with Crippen molar-refractivity contribution in [3.05, 3.63) is 70.7 Å². The fourth-order valence-electron chi connectivity index (χ4n) is 3.66. The van der Waals surface area contributed by atoms with E-state index in [-0.39, 0.29) is 36.3 Å². The van der Waals surface area contributed by atoms with Crippen molar-refractivity contribution in [1.29, 1.82) is 0 Å². The van der Waals surface area contributed by atoms with Crippen LogP contribution in [0.4, 0.5) is 4.39 Å². The summed E-state index contributed by atoms with van der Waals surface area (Å²) in [4.78, 5) is 18.3. The van der Waals surface area contributed by atoms with Crippen LogP contribution in [0.15, 0.2) is 58.8 Å². The molecule has 0 aliphatic carbocycles. The van der Waals surface area contributed by atoms with Crippen molar-refractivity contribution < 1.29 is 17.6 Å². The first-order valence-electron chi connectivity index (χ1n) is 8.98. The van der Waals surface area contributed by atoms with E-state index in [1.165, 1.54) is 28.7 Å². The third-order valence-corrected chi connectivity index (χ3v) is 6.95. The molecule has 1 amide bonds. The molecular weight excluding hydrogens is 381 g/mol. The number of sulfonamides is 1. The first kappa shape index (κ1) is 18.8. The molecule has 28 heavy (non-hydrogen) atoms. The summed E-state index contributed by atoms with van der Waals surface area (Å²) in [6.45, 7) is 3.22. The van der Waals surface area contributed by atoms with Gasteiger partial charge in [-0.3, -0.25) is 4.79 Å². The summed E-state index contributed by atoms with van der Waals surface area (Å²) in [5.41, 5.74) is 3.51. The van der Waals surface area contributed by atoms with Crippen LogP contribution in [0, 0.1) is 12.7 Å². The van der Waals surface area contributed by atoms with E-state index in [1.807, 2.05) is 0 Å². The Kier molecular flexibility index (Phi) is 4.76. The average Bonchev–Trinajstić information content (AvgIpc) is 3.24. The first-order valence-corrected chi connectivity index (χ1v) is 10.4. The molecule has 2 aliphatic rings. The number of aromatic nitrogens is 1. The van der Waals surface area contributed by atoms with E-state index >= 15 is 0 Å². The quantitative estimate of drug-likeness (QED) is 0.734. The number of rotatable bonds is 4. The fourth-order valence-corrected chi connectivity index (χ4v) is 5.02. The molecule has 1 aromatic carbocycles. The lowest BCUT2D eigenvalue weighted by Gasteiger charge is -2.22. The number of nitrogens with zero attached hydrogens (tertiary/aromatic N) is 3. The fraction of sp³-hybridized carbons (Fsp3) is 0.300. The van der Waals surface area contributed by atoms with Gasteiger partial charge in [-0.2, -0.15) is 4.31 Å². The number of carbonyl (C=O) groups is 1. The van der Waals surface area contributed by atoms with Crippen LogP contribution in [0.2, 0.25) is 0 Å². The van der Waals surface area contributed by atoms with Gasteiger partial charge in [-0.15, -0.1) is 0 Å². The molecule has 0 saturated carbocycles. The van der Waals surface area contributed by atoms with Gasteiger partial charge >= 0.3 is 0 Å². The molecule has 146 valence electrons. The summed E-state index contributed by atoms with van der Waals surface area (Å²) in [5, 5.41) is 0.0379. The van der Waals surface area contributed by atoms with Crippen molar-refractivity contribution in [2.24, 2.45) is 0 Å². The highest BCUT2D eigenvalue weighted by Crippen LogP contribution is 2.29. The minimum Gasteiger partial charge on any atom is -0.334 e. The number of hydrogen-bond acceptors (Lipinski definition) is 4. The van der Waals surface area contributed by atoms with Crippen molar-refractivity contribution >= 4 is 15.9 Å². The standard InChI is InChI=1S/C20H20FN3O3S/c1-14-8-18(21)6-5-15(14)9-20(25)23-10-16-12-24(13-17(16)11-23)28(26,27)19-4-2-3-7-22-19/h2-8H,9-13H2,1H3. The zero-order valence-electron chi connectivity index (χ0n) is 15.4. The highest BCUT2D eigenvalue weighted by atomic mass is 32.2. The Morgan fingerprint density at radius 2 is 1.82 bits per heavy atom.